The standard InChI is InChI=1S/C26H29N5O3S/c1-3-16-29-35(33,34)23-12-8-7-11-22(23)31(18-9-5-4-6-10-18)26(32)24-19-15-17-30(2)21(19)14-13-20(24)25(27)28/h4-14,29H,3,15-17H2,1-2H3,(H3,27,28). The Balaban J connectivity index is 1.97. The molecule has 1 amide bonds. The normalized spacial score (nSPS) is 12.9. The van der Waals surface area contributed by atoms with E-state index in [1.165, 1.54) is 11.0 Å². The van der Waals surface area contributed by atoms with Gasteiger partial charge in [-0.2, -0.15) is 0 Å². The Morgan fingerprint density at radius 3 is 2.46 bits per heavy atom. The van der Waals surface area contributed by atoms with Crippen molar-refractivity contribution >= 4 is 38.8 Å². The summed E-state index contributed by atoms with van der Waals surface area (Å²) in [4.78, 5) is 17.8. The molecular formula is C26H29N5O3S. The lowest BCUT2D eigenvalue weighted by Crippen LogP contribution is -2.32. The molecule has 0 saturated carbocycles. The van der Waals surface area contributed by atoms with Gasteiger partial charge in [0.15, 0.2) is 0 Å². The number of rotatable bonds is 8. The molecule has 0 fully saturated rings. The Labute approximate surface area is 205 Å². The molecule has 1 heterocycles. The summed E-state index contributed by atoms with van der Waals surface area (Å²) in [7, 11) is -1.94. The molecule has 0 unspecified atom stereocenters. The molecule has 4 rings (SSSR count). The first-order valence-corrected chi connectivity index (χ1v) is 12.9. The number of benzene rings is 3. The summed E-state index contributed by atoms with van der Waals surface area (Å²) in [5, 5.41) is 8.14. The van der Waals surface area contributed by atoms with Crippen LogP contribution in [0.2, 0.25) is 0 Å². The highest BCUT2D eigenvalue weighted by Crippen LogP contribution is 2.37. The molecule has 0 aliphatic carbocycles. The summed E-state index contributed by atoms with van der Waals surface area (Å²) in [5.74, 6) is -0.657. The van der Waals surface area contributed by atoms with Gasteiger partial charge >= 0.3 is 0 Å². The monoisotopic (exact) mass is 491 g/mol. The number of carbonyl (C=O) groups excluding carboxylic acids is 1. The molecule has 9 heteroatoms. The molecule has 182 valence electrons. The first-order chi connectivity index (χ1) is 16.8. The number of sulfonamides is 1. The maximum Gasteiger partial charge on any atom is 0.263 e. The van der Waals surface area contributed by atoms with Crippen LogP contribution in [0.4, 0.5) is 17.1 Å². The maximum absolute atomic E-state index is 14.4. The number of nitrogens with zero attached hydrogens (tertiary/aromatic N) is 2. The number of fused-ring (bicyclic) bond motifs is 1. The fourth-order valence-corrected chi connectivity index (χ4v) is 5.67. The quantitative estimate of drug-likeness (QED) is 0.328. The summed E-state index contributed by atoms with van der Waals surface area (Å²) in [6.07, 6.45) is 1.25. The van der Waals surface area contributed by atoms with Crippen LogP contribution in [0.5, 0.6) is 0 Å². The van der Waals surface area contributed by atoms with Crippen LogP contribution in [0.25, 0.3) is 0 Å². The molecule has 0 bridgehead atoms. The van der Waals surface area contributed by atoms with Gasteiger partial charge < -0.3 is 10.6 Å². The molecule has 0 radical (unpaired) electrons. The highest BCUT2D eigenvalue weighted by atomic mass is 32.2. The third kappa shape index (κ3) is 4.65. The van der Waals surface area contributed by atoms with Crippen molar-refractivity contribution in [2.45, 2.75) is 24.7 Å². The van der Waals surface area contributed by atoms with Crippen LogP contribution in [0.1, 0.15) is 34.8 Å². The van der Waals surface area contributed by atoms with Crippen molar-refractivity contribution in [1.29, 1.82) is 5.41 Å². The van der Waals surface area contributed by atoms with E-state index >= 15 is 0 Å². The van der Waals surface area contributed by atoms with Crippen LogP contribution in [-0.2, 0) is 16.4 Å². The molecule has 1 aliphatic heterocycles. The summed E-state index contributed by atoms with van der Waals surface area (Å²) in [6.45, 7) is 2.89. The molecule has 35 heavy (non-hydrogen) atoms. The predicted molar refractivity (Wildman–Crippen MR) is 139 cm³/mol. The fourth-order valence-electron chi connectivity index (χ4n) is 4.35. The Morgan fingerprint density at radius 1 is 1.09 bits per heavy atom. The number of nitrogens with two attached hydrogens (primary N) is 1. The molecule has 0 aromatic heterocycles. The topological polar surface area (TPSA) is 120 Å². The van der Waals surface area contributed by atoms with E-state index in [1.54, 1.807) is 48.5 Å². The zero-order chi connectivity index (χ0) is 25.2. The third-order valence-electron chi connectivity index (χ3n) is 6.06. The second kappa shape index (κ2) is 9.89. The zero-order valence-electron chi connectivity index (χ0n) is 19.8. The van der Waals surface area contributed by atoms with Crippen molar-refractivity contribution in [3.05, 3.63) is 83.4 Å². The average Bonchev–Trinajstić information content (AvgIpc) is 3.24. The lowest BCUT2D eigenvalue weighted by molar-refractivity contribution is 0.0998. The van der Waals surface area contributed by atoms with E-state index in [0.717, 1.165) is 17.8 Å². The molecule has 8 nitrogen and oxygen atoms in total. The first kappa shape index (κ1) is 24.4. The molecule has 0 atom stereocenters. The number of nitrogen functional groups attached to an aromatic ring is 1. The molecule has 3 aromatic carbocycles. The highest BCUT2D eigenvalue weighted by Gasteiger charge is 2.32. The van der Waals surface area contributed by atoms with Crippen LogP contribution in [0.3, 0.4) is 0 Å². The number of nitrogens with one attached hydrogen (secondary N) is 2. The van der Waals surface area contributed by atoms with Crippen molar-refractivity contribution in [3.8, 4) is 0 Å². The van der Waals surface area contributed by atoms with Gasteiger partial charge in [-0.1, -0.05) is 37.3 Å². The van der Waals surface area contributed by atoms with Gasteiger partial charge in [0.05, 0.1) is 11.3 Å². The average molecular weight is 492 g/mol. The van der Waals surface area contributed by atoms with E-state index in [0.29, 0.717) is 29.7 Å². The second-order valence-corrected chi connectivity index (χ2v) is 10.1. The van der Waals surface area contributed by atoms with Crippen molar-refractivity contribution in [3.63, 3.8) is 0 Å². The molecular weight excluding hydrogens is 462 g/mol. The minimum Gasteiger partial charge on any atom is -0.384 e. The van der Waals surface area contributed by atoms with Gasteiger partial charge in [0, 0.05) is 37.1 Å². The van der Waals surface area contributed by atoms with E-state index < -0.39 is 15.9 Å². The first-order valence-electron chi connectivity index (χ1n) is 11.5. The Bertz CT molecular complexity index is 1370. The largest absolute Gasteiger partial charge is 0.384 e. The number of amides is 1. The zero-order valence-corrected chi connectivity index (χ0v) is 20.6. The summed E-state index contributed by atoms with van der Waals surface area (Å²) in [6, 6.07) is 18.9. The third-order valence-corrected chi connectivity index (χ3v) is 7.56. The van der Waals surface area contributed by atoms with Crippen molar-refractivity contribution in [1.82, 2.24) is 4.72 Å². The van der Waals surface area contributed by atoms with Gasteiger partial charge in [-0.15, -0.1) is 0 Å². The number of amidine groups is 1. The smallest absolute Gasteiger partial charge is 0.263 e. The number of anilines is 3. The van der Waals surface area contributed by atoms with Crippen molar-refractivity contribution < 1.29 is 13.2 Å². The van der Waals surface area contributed by atoms with Crippen LogP contribution in [0.15, 0.2) is 71.6 Å². The van der Waals surface area contributed by atoms with Gasteiger partial charge in [-0.3, -0.25) is 15.1 Å². The van der Waals surface area contributed by atoms with E-state index in [9.17, 15) is 13.2 Å². The molecule has 1 aliphatic rings. The SMILES string of the molecule is CCCNS(=O)(=O)c1ccccc1N(C(=O)c1c(C(=N)N)ccc2c1CCN2C)c1ccccc1. The minimum atomic E-state index is -3.89. The van der Waals surface area contributed by atoms with Crippen LogP contribution < -0.4 is 20.3 Å². The van der Waals surface area contributed by atoms with Gasteiger partial charge in [0.25, 0.3) is 5.91 Å². The predicted octanol–water partition coefficient (Wildman–Crippen LogP) is 3.63. The summed E-state index contributed by atoms with van der Waals surface area (Å²) < 4.78 is 29.0. The minimum absolute atomic E-state index is 0.000257. The van der Waals surface area contributed by atoms with E-state index in [4.69, 9.17) is 11.1 Å². The second-order valence-electron chi connectivity index (χ2n) is 8.41. The summed E-state index contributed by atoms with van der Waals surface area (Å²) >= 11 is 0. The number of carbonyl (C=O) groups is 1. The molecule has 3 aromatic rings. The van der Waals surface area contributed by atoms with E-state index in [2.05, 4.69) is 9.62 Å². The molecule has 4 N–H and O–H groups in total. The number of hydrogen-bond acceptors (Lipinski definition) is 5. The van der Waals surface area contributed by atoms with Gasteiger partial charge in [0.2, 0.25) is 10.0 Å². The van der Waals surface area contributed by atoms with Crippen LogP contribution in [0, 0.1) is 5.41 Å². The van der Waals surface area contributed by atoms with Gasteiger partial charge in [-0.05, 0) is 54.8 Å². The Kier molecular flexibility index (Phi) is 6.90. The lowest BCUT2D eigenvalue weighted by Gasteiger charge is -2.27. The number of hydrogen-bond donors (Lipinski definition) is 3. The van der Waals surface area contributed by atoms with E-state index in [1.807, 2.05) is 26.1 Å². The highest BCUT2D eigenvalue weighted by molar-refractivity contribution is 7.89. The Hall–Kier alpha value is -3.69. The Morgan fingerprint density at radius 2 is 1.77 bits per heavy atom. The number of likely N-dealkylation sites (N-methyl/N-ethyl adjacent to an activating group) is 1. The van der Waals surface area contributed by atoms with Gasteiger partial charge in [-0.25, -0.2) is 13.1 Å². The fraction of sp³-hybridized carbons (Fsp3) is 0.231. The number of para-hydroxylation sites is 2. The molecule has 0 spiro atoms. The van der Waals surface area contributed by atoms with Crippen molar-refractivity contribution in [2.24, 2.45) is 5.73 Å². The van der Waals surface area contributed by atoms with Gasteiger partial charge in [0.1, 0.15) is 10.7 Å². The molecule has 0 saturated heterocycles. The maximum atomic E-state index is 14.4. The van der Waals surface area contributed by atoms with Crippen LogP contribution in [-0.4, -0.2) is 40.3 Å². The van der Waals surface area contributed by atoms with E-state index in [-0.39, 0.29) is 23.0 Å². The van der Waals surface area contributed by atoms with Crippen LogP contribution >= 0.6 is 0 Å². The summed E-state index contributed by atoms with van der Waals surface area (Å²) in [5.41, 5.74) is 8.99. The lowest BCUT2D eigenvalue weighted by atomic mass is 9.96. The van der Waals surface area contributed by atoms with Crippen molar-refractivity contribution in [2.75, 3.05) is 29.9 Å².